The maximum absolute atomic E-state index is 14.1. The first-order valence-corrected chi connectivity index (χ1v) is 13.7. The van der Waals surface area contributed by atoms with Crippen molar-refractivity contribution >= 4 is 44.5 Å². The van der Waals surface area contributed by atoms with Gasteiger partial charge in [0.25, 0.3) is 0 Å². The number of carbonyl (C=O) groups excluding carboxylic acids is 2. The van der Waals surface area contributed by atoms with E-state index in [4.69, 9.17) is 14.2 Å². The molecule has 0 aliphatic heterocycles. The molecule has 0 saturated heterocycles. The van der Waals surface area contributed by atoms with Gasteiger partial charge in [0, 0.05) is 12.1 Å². The number of hydrogen-bond donors (Lipinski definition) is 0. The Kier molecular flexibility index (Phi) is 7.05. The molecule has 0 atom stereocenters. The molecule has 208 valence electrons. The highest BCUT2D eigenvalue weighted by Crippen LogP contribution is 2.33. The second-order valence-electron chi connectivity index (χ2n) is 10.4. The van der Waals surface area contributed by atoms with E-state index < -0.39 is 11.9 Å². The first-order chi connectivity index (χ1) is 20.3. The molecule has 0 unspecified atom stereocenters. The highest BCUT2D eigenvalue weighted by atomic mass is 16.5. The van der Waals surface area contributed by atoms with Crippen molar-refractivity contribution in [2.45, 2.75) is 20.5 Å². The molecule has 0 bridgehead atoms. The largest absolute Gasteiger partial charge is 0.497 e. The summed E-state index contributed by atoms with van der Waals surface area (Å²) in [5, 5.41) is 3.60. The minimum atomic E-state index is -0.486. The summed E-state index contributed by atoms with van der Waals surface area (Å²) in [5.74, 6) is 0.134. The van der Waals surface area contributed by atoms with Gasteiger partial charge in [-0.25, -0.2) is 9.59 Å². The summed E-state index contributed by atoms with van der Waals surface area (Å²) in [5.41, 5.74) is 4.86. The van der Waals surface area contributed by atoms with Crippen LogP contribution in [0.3, 0.4) is 0 Å². The van der Waals surface area contributed by atoms with Crippen molar-refractivity contribution < 1.29 is 28.4 Å². The lowest BCUT2D eigenvalue weighted by molar-refractivity contribution is -0.617. The summed E-state index contributed by atoms with van der Waals surface area (Å²) in [6, 6.07) is 30.8. The number of aromatic nitrogens is 1. The fourth-order valence-corrected chi connectivity index (χ4v) is 5.51. The molecule has 6 nitrogen and oxygen atoms in total. The van der Waals surface area contributed by atoms with Crippen molar-refractivity contribution in [3.8, 4) is 11.5 Å². The van der Waals surface area contributed by atoms with Gasteiger partial charge in [0.1, 0.15) is 25.2 Å². The van der Waals surface area contributed by atoms with Gasteiger partial charge < -0.3 is 14.2 Å². The maximum Gasteiger partial charge on any atom is 0.345 e. The van der Waals surface area contributed by atoms with Crippen LogP contribution in [0.2, 0.25) is 0 Å². The van der Waals surface area contributed by atoms with Gasteiger partial charge >= 0.3 is 11.9 Å². The van der Waals surface area contributed by atoms with Crippen molar-refractivity contribution in [1.82, 2.24) is 0 Å². The first-order valence-electron chi connectivity index (χ1n) is 13.7. The van der Waals surface area contributed by atoms with E-state index in [0.29, 0.717) is 33.8 Å². The molecule has 6 rings (SSSR count). The van der Waals surface area contributed by atoms with E-state index in [1.165, 1.54) is 0 Å². The number of aryl methyl sites for hydroxylation is 3. The quantitative estimate of drug-likeness (QED) is 0.0942. The smallest absolute Gasteiger partial charge is 0.345 e. The number of hydrogen-bond acceptors (Lipinski definition) is 5. The number of carbonyl (C=O) groups is 2. The summed E-state index contributed by atoms with van der Waals surface area (Å²) >= 11 is 0. The van der Waals surface area contributed by atoms with Gasteiger partial charge in [-0.1, -0.05) is 54.6 Å². The van der Waals surface area contributed by atoms with Crippen LogP contribution in [0.5, 0.6) is 11.5 Å². The lowest BCUT2D eigenvalue weighted by atomic mass is 9.98. The summed E-state index contributed by atoms with van der Waals surface area (Å²) in [6.45, 7) is 3.82. The summed E-state index contributed by atoms with van der Waals surface area (Å²) < 4.78 is 19.2. The average molecular weight is 557 g/mol. The third kappa shape index (κ3) is 4.92. The van der Waals surface area contributed by atoms with E-state index in [-0.39, 0.29) is 6.61 Å². The van der Waals surface area contributed by atoms with E-state index in [2.05, 4.69) is 16.7 Å². The first kappa shape index (κ1) is 27.0. The fraction of sp³-hybridized carbons (Fsp3) is 0.139. The van der Waals surface area contributed by atoms with Crippen LogP contribution >= 0.6 is 0 Å². The molecule has 1 aromatic heterocycles. The van der Waals surface area contributed by atoms with Gasteiger partial charge in [0.2, 0.25) is 11.0 Å². The summed E-state index contributed by atoms with van der Waals surface area (Å²) in [7, 11) is 3.60. The summed E-state index contributed by atoms with van der Waals surface area (Å²) in [6.07, 6.45) is 0. The number of methoxy groups -OCH3 is 1. The Morgan fingerprint density at radius 3 is 2.05 bits per heavy atom. The molecule has 0 saturated carbocycles. The monoisotopic (exact) mass is 556 g/mol. The number of ether oxygens (including phenoxy) is 3. The third-order valence-electron chi connectivity index (χ3n) is 7.64. The van der Waals surface area contributed by atoms with E-state index in [1.807, 2.05) is 93.7 Å². The van der Waals surface area contributed by atoms with E-state index >= 15 is 0 Å². The lowest BCUT2D eigenvalue weighted by Gasteiger charge is -2.15. The third-order valence-corrected chi connectivity index (χ3v) is 7.64. The molecule has 5 aromatic carbocycles. The standard InChI is InChI=1S/C36H30NO5/c1-22-16-27(35(38)41-21-24-10-6-5-7-11-24)17-23(2)34(22)42-36(39)33-29-18-25-12-8-9-13-26(25)19-32(29)37(3)31-15-14-28(40-4)20-30(31)33/h5-20H,21H2,1-4H3/q+1. The van der Waals surface area contributed by atoms with Gasteiger partial charge in [0.05, 0.1) is 29.0 Å². The molecule has 0 amide bonds. The molecule has 0 spiro atoms. The van der Waals surface area contributed by atoms with Gasteiger partial charge in [-0.05, 0) is 71.6 Å². The van der Waals surface area contributed by atoms with Gasteiger partial charge in [0.15, 0.2) is 0 Å². The predicted molar refractivity (Wildman–Crippen MR) is 163 cm³/mol. The Balaban J connectivity index is 1.41. The topological polar surface area (TPSA) is 65.7 Å². The molecule has 0 aliphatic rings. The number of benzene rings is 5. The zero-order valence-electron chi connectivity index (χ0n) is 23.9. The van der Waals surface area contributed by atoms with E-state index in [1.54, 1.807) is 19.2 Å². The SMILES string of the molecule is COc1ccc2c(c1)c(C(=O)Oc1c(C)cc(C(=O)OCc3ccccc3)cc1C)c1cc3ccccc3cc1[n+]2C. The molecule has 0 fully saturated rings. The number of esters is 2. The zero-order valence-corrected chi connectivity index (χ0v) is 23.9. The van der Waals surface area contributed by atoms with E-state index in [9.17, 15) is 9.59 Å². The Bertz CT molecular complexity index is 1990. The molecule has 0 N–H and O–H groups in total. The van der Waals surface area contributed by atoms with Crippen molar-refractivity contribution in [2.24, 2.45) is 7.05 Å². The average Bonchev–Trinajstić information content (AvgIpc) is 3.01. The molecule has 6 heteroatoms. The van der Waals surface area contributed by atoms with Crippen molar-refractivity contribution in [1.29, 1.82) is 0 Å². The molecule has 1 heterocycles. The number of rotatable bonds is 6. The van der Waals surface area contributed by atoms with Crippen LogP contribution < -0.4 is 14.0 Å². The Hall–Kier alpha value is -5.23. The Labute approximate surface area is 243 Å². The van der Waals surface area contributed by atoms with Crippen LogP contribution in [0, 0.1) is 13.8 Å². The normalized spacial score (nSPS) is 11.1. The van der Waals surface area contributed by atoms with Crippen LogP contribution in [0.15, 0.2) is 97.1 Å². The number of pyridine rings is 1. The van der Waals surface area contributed by atoms with Gasteiger partial charge in [-0.2, -0.15) is 4.57 Å². The molecule has 0 radical (unpaired) electrons. The molecule has 6 aromatic rings. The van der Waals surface area contributed by atoms with E-state index in [0.717, 1.165) is 38.1 Å². The number of nitrogens with zero attached hydrogens (tertiary/aromatic N) is 1. The highest BCUT2D eigenvalue weighted by Gasteiger charge is 2.26. The fourth-order valence-electron chi connectivity index (χ4n) is 5.51. The van der Waals surface area contributed by atoms with Crippen LogP contribution in [0.25, 0.3) is 32.6 Å². The van der Waals surface area contributed by atoms with Crippen LogP contribution in [0.4, 0.5) is 0 Å². The number of fused-ring (bicyclic) bond motifs is 3. The van der Waals surface area contributed by atoms with Crippen molar-refractivity contribution in [2.75, 3.05) is 7.11 Å². The molecule has 42 heavy (non-hydrogen) atoms. The van der Waals surface area contributed by atoms with Crippen molar-refractivity contribution in [3.63, 3.8) is 0 Å². The Morgan fingerprint density at radius 2 is 1.36 bits per heavy atom. The van der Waals surface area contributed by atoms with Crippen LogP contribution in [-0.2, 0) is 18.4 Å². The van der Waals surface area contributed by atoms with Gasteiger partial charge in [-0.3, -0.25) is 0 Å². The van der Waals surface area contributed by atoms with Crippen molar-refractivity contribution in [3.05, 3.63) is 125 Å². The second kappa shape index (κ2) is 11.0. The minimum absolute atomic E-state index is 0.179. The minimum Gasteiger partial charge on any atom is -0.497 e. The highest BCUT2D eigenvalue weighted by molar-refractivity contribution is 6.15. The van der Waals surface area contributed by atoms with Crippen LogP contribution in [0.1, 0.15) is 37.4 Å². The second-order valence-corrected chi connectivity index (χ2v) is 10.4. The molecule has 0 aliphatic carbocycles. The Morgan fingerprint density at radius 1 is 0.714 bits per heavy atom. The molecular formula is C36H30NO5+. The van der Waals surface area contributed by atoms with Gasteiger partial charge in [-0.15, -0.1) is 0 Å². The summed E-state index contributed by atoms with van der Waals surface area (Å²) in [4.78, 5) is 26.9. The maximum atomic E-state index is 14.1. The zero-order chi connectivity index (χ0) is 29.4. The lowest BCUT2D eigenvalue weighted by Crippen LogP contribution is -2.31. The molecular weight excluding hydrogens is 526 g/mol. The predicted octanol–water partition coefficient (Wildman–Crippen LogP) is 7.17. The van der Waals surface area contributed by atoms with Crippen LogP contribution in [-0.4, -0.2) is 19.0 Å².